The lowest BCUT2D eigenvalue weighted by Crippen LogP contribution is -2.17. The summed E-state index contributed by atoms with van der Waals surface area (Å²) in [6, 6.07) is 12.5. The summed E-state index contributed by atoms with van der Waals surface area (Å²) in [4.78, 5) is 16.3. The van der Waals surface area contributed by atoms with Crippen LogP contribution in [0.25, 0.3) is 0 Å². The number of benzene rings is 2. The summed E-state index contributed by atoms with van der Waals surface area (Å²) < 4.78 is 0. The number of carboxylic acid groups (broad SMARTS) is 1. The Morgan fingerprint density at radius 1 is 1.15 bits per heavy atom. The molecule has 2 N–H and O–H groups in total. The van der Waals surface area contributed by atoms with Crippen LogP contribution in [-0.2, 0) is 29.2 Å². The first kappa shape index (κ1) is 25.3. The molecule has 5 nitrogen and oxygen atoms in total. The first-order valence-corrected chi connectivity index (χ1v) is 12.3. The van der Waals surface area contributed by atoms with Gasteiger partial charge in [-0.1, -0.05) is 73.3 Å². The van der Waals surface area contributed by atoms with Crippen molar-refractivity contribution in [1.82, 2.24) is 5.32 Å². The minimum Gasteiger partial charge on any atom is -0.481 e. The van der Waals surface area contributed by atoms with E-state index in [1.165, 1.54) is 43.2 Å². The molecule has 0 amide bonds. The number of nitrogens with one attached hydrogen (secondary N) is 1. The lowest BCUT2D eigenvalue weighted by Gasteiger charge is -2.24. The van der Waals surface area contributed by atoms with Crippen LogP contribution in [0.3, 0.4) is 0 Å². The molecular formula is C27H35ClN2O3. The van der Waals surface area contributed by atoms with Crippen LogP contribution in [0.2, 0.25) is 5.02 Å². The maximum Gasteiger partial charge on any atom is 0.304 e. The molecule has 1 aliphatic rings. The van der Waals surface area contributed by atoms with Crippen molar-refractivity contribution in [3.63, 3.8) is 0 Å². The number of halogens is 1. The van der Waals surface area contributed by atoms with Gasteiger partial charge in [-0.15, -0.1) is 0 Å². The van der Waals surface area contributed by atoms with Gasteiger partial charge < -0.3 is 15.3 Å². The fourth-order valence-corrected chi connectivity index (χ4v) is 4.70. The van der Waals surface area contributed by atoms with Crippen LogP contribution in [0, 0.1) is 0 Å². The van der Waals surface area contributed by atoms with Crippen molar-refractivity contribution in [1.29, 1.82) is 0 Å². The highest BCUT2D eigenvalue weighted by molar-refractivity contribution is 6.31. The Morgan fingerprint density at radius 3 is 2.64 bits per heavy atom. The second kappa shape index (κ2) is 12.8. The second-order valence-corrected chi connectivity index (χ2v) is 9.21. The molecule has 3 rings (SSSR count). The maximum atomic E-state index is 10.6. The predicted molar refractivity (Wildman–Crippen MR) is 134 cm³/mol. The van der Waals surface area contributed by atoms with Crippen molar-refractivity contribution in [2.24, 2.45) is 5.16 Å². The highest BCUT2D eigenvalue weighted by Crippen LogP contribution is 2.35. The SMILES string of the molecule is CCc1cc(CON=C(C)c2ccc(CNCCC(=O)O)c(Cl)c2)ccc1C1CCCCC1. The monoisotopic (exact) mass is 470 g/mol. The first-order valence-electron chi connectivity index (χ1n) is 12.0. The lowest BCUT2D eigenvalue weighted by atomic mass is 9.81. The van der Waals surface area contributed by atoms with Crippen LogP contribution in [0.5, 0.6) is 0 Å². The quantitative estimate of drug-likeness (QED) is 0.225. The van der Waals surface area contributed by atoms with Crippen LogP contribution in [-0.4, -0.2) is 23.3 Å². The number of aliphatic carboxylic acids is 1. The van der Waals surface area contributed by atoms with E-state index in [9.17, 15) is 4.79 Å². The zero-order chi connectivity index (χ0) is 23.6. The van der Waals surface area contributed by atoms with Gasteiger partial charge in [-0.2, -0.15) is 0 Å². The topological polar surface area (TPSA) is 70.9 Å². The third-order valence-electron chi connectivity index (χ3n) is 6.37. The molecule has 33 heavy (non-hydrogen) atoms. The van der Waals surface area contributed by atoms with Crippen LogP contribution >= 0.6 is 11.6 Å². The molecule has 0 radical (unpaired) electrons. The standard InChI is InChI=1S/C27H35ClN2O3/c1-3-21-15-20(9-12-25(21)22-7-5-4-6-8-22)18-33-30-19(2)23-10-11-24(26(28)16-23)17-29-14-13-27(31)32/h9-12,15-16,22,29H,3-8,13-14,17-18H2,1-2H3,(H,31,32). The van der Waals surface area contributed by atoms with Gasteiger partial charge in [0.15, 0.2) is 0 Å². The molecule has 0 unspecified atom stereocenters. The van der Waals surface area contributed by atoms with E-state index in [4.69, 9.17) is 21.5 Å². The number of nitrogens with zero attached hydrogens (tertiary/aromatic N) is 1. The molecule has 2 aromatic carbocycles. The number of aryl methyl sites for hydroxylation is 1. The number of oxime groups is 1. The van der Waals surface area contributed by atoms with Gasteiger partial charge in [-0.25, -0.2) is 0 Å². The van der Waals surface area contributed by atoms with Gasteiger partial charge in [0.2, 0.25) is 0 Å². The molecule has 1 saturated carbocycles. The largest absolute Gasteiger partial charge is 0.481 e. The van der Waals surface area contributed by atoms with Crippen molar-refractivity contribution in [3.8, 4) is 0 Å². The van der Waals surface area contributed by atoms with Crippen molar-refractivity contribution < 1.29 is 14.7 Å². The zero-order valence-corrected chi connectivity index (χ0v) is 20.5. The Labute approximate surface area is 202 Å². The second-order valence-electron chi connectivity index (χ2n) is 8.80. The fourth-order valence-electron chi connectivity index (χ4n) is 4.46. The molecule has 0 bridgehead atoms. The summed E-state index contributed by atoms with van der Waals surface area (Å²) in [7, 11) is 0. The van der Waals surface area contributed by atoms with Gasteiger partial charge >= 0.3 is 5.97 Å². The molecule has 6 heteroatoms. The third-order valence-corrected chi connectivity index (χ3v) is 6.72. The molecular weight excluding hydrogens is 436 g/mol. The third kappa shape index (κ3) is 7.58. The van der Waals surface area contributed by atoms with Gasteiger partial charge in [0, 0.05) is 23.7 Å². The number of hydrogen-bond donors (Lipinski definition) is 2. The maximum absolute atomic E-state index is 10.6. The predicted octanol–water partition coefficient (Wildman–Crippen LogP) is 6.46. The molecule has 1 fully saturated rings. The Balaban J connectivity index is 1.56. The summed E-state index contributed by atoms with van der Waals surface area (Å²) in [5, 5.41) is 16.7. The highest BCUT2D eigenvalue weighted by Gasteiger charge is 2.18. The van der Waals surface area contributed by atoms with Crippen molar-refractivity contribution in [2.75, 3.05) is 6.54 Å². The van der Waals surface area contributed by atoms with Crippen LogP contribution < -0.4 is 5.32 Å². The Hall–Kier alpha value is -2.37. The van der Waals surface area contributed by atoms with Gasteiger partial charge in [0.05, 0.1) is 12.1 Å². The summed E-state index contributed by atoms with van der Waals surface area (Å²) >= 11 is 6.40. The van der Waals surface area contributed by atoms with E-state index >= 15 is 0 Å². The highest BCUT2D eigenvalue weighted by atomic mass is 35.5. The Kier molecular flexibility index (Phi) is 9.76. The van der Waals surface area contributed by atoms with E-state index in [0.29, 0.717) is 30.6 Å². The molecule has 0 heterocycles. The fraction of sp³-hybridized carbons (Fsp3) is 0.481. The van der Waals surface area contributed by atoms with Gasteiger partial charge in [0.1, 0.15) is 6.61 Å². The number of hydrogen-bond acceptors (Lipinski definition) is 4. The summed E-state index contributed by atoms with van der Waals surface area (Å²) in [6.45, 7) is 5.50. The minimum atomic E-state index is -0.818. The Bertz CT molecular complexity index is 968. The van der Waals surface area contributed by atoms with Crippen molar-refractivity contribution in [2.45, 2.75) is 77.9 Å². The number of carboxylic acids is 1. The molecule has 2 aromatic rings. The van der Waals surface area contributed by atoms with Gasteiger partial charge in [0.25, 0.3) is 0 Å². The van der Waals surface area contributed by atoms with E-state index in [1.54, 1.807) is 0 Å². The van der Waals surface area contributed by atoms with E-state index in [2.05, 4.69) is 35.6 Å². The van der Waals surface area contributed by atoms with Crippen LogP contribution in [0.4, 0.5) is 0 Å². The number of rotatable bonds is 11. The van der Waals surface area contributed by atoms with E-state index in [0.717, 1.165) is 28.8 Å². The molecule has 178 valence electrons. The average Bonchev–Trinajstić information content (AvgIpc) is 2.82. The van der Waals surface area contributed by atoms with E-state index < -0.39 is 5.97 Å². The van der Waals surface area contributed by atoms with Gasteiger partial charge in [-0.3, -0.25) is 4.79 Å². The summed E-state index contributed by atoms with van der Waals surface area (Å²) in [5.74, 6) is -0.106. The molecule has 0 atom stereocenters. The molecule has 0 spiro atoms. The minimum absolute atomic E-state index is 0.0852. The normalized spacial score (nSPS) is 14.9. The zero-order valence-electron chi connectivity index (χ0n) is 19.7. The molecule has 0 saturated heterocycles. The summed E-state index contributed by atoms with van der Waals surface area (Å²) in [6.07, 6.45) is 7.81. The van der Waals surface area contributed by atoms with Crippen LogP contribution in [0.1, 0.15) is 86.1 Å². The van der Waals surface area contributed by atoms with Crippen LogP contribution in [0.15, 0.2) is 41.6 Å². The van der Waals surface area contributed by atoms with E-state index in [1.807, 2.05) is 25.1 Å². The average molecular weight is 471 g/mol. The van der Waals surface area contributed by atoms with Gasteiger partial charge in [-0.05, 0) is 60.4 Å². The summed E-state index contributed by atoms with van der Waals surface area (Å²) in [5.41, 5.74) is 6.68. The van der Waals surface area contributed by atoms with Crippen molar-refractivity contribution >= 4 is 23.3 Å². The number of carbonyl (C=O) groups is 1. The first-order chi connectivity index (χ1) is 16.0. The van der Waals surface area contributed by atoms with E-state index in [-0.39, 0.29) is 6.42 Å². The smallest absolute Gasteiger partial charge is 0.304 e. The molecule has 0 aliphatic heterocycles. The van der Waals surface area contributed by atoms with Crippen molar-refractivity contribution in [3.05, 3.63) is 69.2 Å². The lowest BCUT2D eigenvalue weighted by molar-refractivity contribution is -0.136. The molecule has 0 aromatic heterocycles. The molecule has 1 aliphatic carbocycles. The Morgan fingerprint density at radius 2 is 1.94 bits per heavy atom.